The molecule has 11 heteroatoms. The Balaban J connectivity index is 1.61. The van der Waals surface area contributed by atoms with Gasteiger partial charge in [-0.3, -0.25) is 20.2 Å². The van der Waals surface area contributed by atoms with Crippen LogP contribution in [0.15, 0.2) is 60.2 Å². The molecule has 0 aliphatic heterocycles. The number of likely N-dealkylation sites (N-methyl/N-ethyl adjacent to an activating group) is 1. The van der Waals surface area contributed by atoms with Crippen LogP contribution in [0.2, 0.25) is 0 Å². The molecule has 0 saturated heterocycles. The average Bonchev–Trinajstić information content (AvgIpc) is 3.01. The van der Waals surface area contributed by atoms with Gasteiger partial charge in [0.05, 0.1) is 29.6 Å². The van der Waals surface area contributed by atoms with Crippen molar-refractivity contribution in [3.63, 3.8) is 0 Å². The Morgan fingerprint density at radius 1 is 0.841 bits per heavy atom. The highest BCUT2D eigenvalue weighted by molar-refractivity contribution is 5.82. The molecule has 1 saturated carbocycles. The van der Waals surface area contributed by atoms with E-state index < -0.39 is 27.8 Å². The Morgan fingerprint density at radius 3 is 1.93 bits per heavy atom. The van der Waals surface area contributed by atoms with Gasteiger partial charge in [-0.25, -0.2) is 0 Å². The van der Waals surface area contributed by atoms with Gasteiger partial charge < -0.3 is 23.8 Å². The fourth-order valence-electron chi connectivity index (χ4n) is 5.33. The number of nitro benzene ring substituents is 2. The number of nitro groups is 2. The highest BCUT2D eigenvalue weighted by Gasteiger charge is 2.34. The zero-order valence-corrected chi connectivity index (χ0v) is 25.7. The lowest BCUT2D eigenvalue weighted by Gasteiger charge is -2.21. The van der Waals surface area contributed by atoms with Gasteiger partial charge in [0.25, 0.3) is 5.69 Å². The van der Waals surface area contributed by atoms with Crippen molar-refractivity contribution in [2.45, 2.75) is 45.6 Å². The van der Waals surface area contributed by atoms with Gasteiger partial charge in [0, 0.05) is 6.54 Å². The van der Waals surface area contributed by atoms with Crippen molar-refractivity contribution < 1.29 is 28.8 Å². The third kappa shape index (κ3) is 7.84. The van der Waals surface area contributed by atoms with Crippen LogP contribution in [0.25, 0.3) is 5.57 Å². The van der Waals surface area contributed by atoms with Crippen LogP contribution in [0.3, 0.4) is 0 Å². The molecule has 0 radical (unpaired) electrons. The number of hydrogen-bond donors (Lipinski definition) is 0. The maximum Gasteiger partial charge on any atom is 0.328 e. The molecule has 44 heavy (non-hydrogen) atoms. The first kappa shape index (κ1) is 32.3. The summed E-state index contributed by atoms with van der Waals surface area (Å²) in [4.78, 5) is 24.6. The summed E-state index contributed by atoms with van der Waals surface area (Å²) in [7, 11) is 5.29. The van der Waals surface area contributed by atoms with Gasteiger partial charge in [0.1, 0.15) is 30.3 Å². The summed E-state index contributed by atoms with van der Waals surface area (Å²) in [5.74, 6) is 0.984. The molecular weight excluding hydrogens is 566 g/mol. The number of methoxy groups -OCH3 is 1. The molecule has 0 N–H and O–H groups in total. The van der Waals surface area contributed by atoms with Gasteiger partial charge in [-0.2, -0.15) is 0 Å². The second-order valence-electron chi connectivity index (χ2n) is 10.7. The van der Waals surface area contributed by atoms with E-state index in [4.69, 9.17) is 18.9 Å². The second-order valence-corrected chi connectivity index (χ2v) is 10.7. The lowest BCUT2D eigenvalue weighted by Crippen LogP contribution is -2.19. The summed E-state index contributed by atoms with van der Waals surface area (Å²) < 4.78 is 22.4. The van der Waals surface area contributed by atoms with E-state index in [0.29, 0.717) is 12.4 Å². The molecule has 0 bridgehead atoms. The fraction of sp³-hybridized carbons (Fsp3) is 0.394. The number of rotatable bonds is 14. The largest absolute Gasteiger partial charge is 0.492 e. The van der Waals surface area contributed by atoms with Crippen LogP contribution in [0, 0.1) is 20.2 Å². The Morgan fingerprint density at radius 2 is 1.43 bits per heavy atom. The van der Waals surface area contributed by atoms with E-state index in [0.717, 1.165) is 55.2 Å². The number of allylic oxidation sites excluding steroid dienone is 1. The summed E-state index contributed by atoms with van der Waals surface area (Å²) in [6, 6.07) is 16.8. The summed E-state index contributed by atoms with van der Waals surface area (Å²) in [5, 5.41) is 23.9. The number of nitrogens with zero attached hydrogens (tertiary/aromatic N) is 3. The summed E-state index contributed by atoms with van der Waals surface area (Å²) in [5.41, 5.74) is 3.48. The van der Waals surface area contributed by atoms with E-state index in [-0.39, 0.29) is 23.7 Å². The first-order valence-electron chi connectivity index (χ1n) is 14.7. The molecule has 11 nitrogen and oxygen atoms in total. The molecule has 3 aromatic rings. The van der Waals surface area contributed by atoms with Gasteiger partial charge in [0.15, 0.2) is 5.75 Å². The highest BCUT2D eigenvalue weighted by atomic mass is 16.6. The monoisotopic (exact) mass is 605 g/mol. The van der Waals surface area contributed by atoms with Crippen molar-refractivity contribution in [1.82, 2.24) is 4.90 Å². The van der Waals surface area contributed by atoms with Crippen LogP contribution < -0.4 is 18.9 Å². The summed E-state index contributed by atoms with van der Waals surface area (Å²) in [6.45, 7) is 2.81. The third-order valence-corrected chi connectivity index (χ3v) is 7.48. The predicted molar refractivity (Wildman–Crippen MR) is 168 cm³/mol. The number of hydrogen-bond acceptors (Lipinski definition) is 9. The molecule has 0 amide bonds. The molecule has 0 heterocycles. The molecule has 1 aliphatic carbocycles. The van der Waals surface area contributed by atoms with Gasteiger partial charge in [0.2, 0.25) is 5.75 Å². The van der Waals surface area contributed by atoms with E-state index in [1.165, 1.54) is 24.7 Å². The Hall–Kier alpha value is -4.64. The molecule has 0 aromatic heterocycles. The molecule has 0 atom stereocenters. The van der Waals surface area contributed by atoms with Crippen molar-refractivity contribution in [1.29, 1.82) is 0 Å². The number of benzene rings is 3. The lowest BCUT2D eigenvalue weighted by atomic mass is 9.85. The predicted octanol–water partition coefficient (Wildman–Crippen LogP) is 7.20. The molecule has 1 aliphatic rings. The molecule has 3 aromatic carbocycles. The molecular formula is C33H39N3O8. The Kier molecular flexibility index (Phi) is 11.1. The van der Waals surface area contributed by atoms with Crippen LogP contribution in [-0.4, -0.2) is 55.7 Å². The summed E-state index contributed by atoms with van der Waals surface area (Å²) in [6.07, 6.45) is 5.57. The van der Waals surface area contributed by atoms with E-state index in [9.17, 15) is 20.2 Å². The van der Waals surface area contributed by atoms with Crippen LogP contribution in [0.5, 0.6) is 23.0 Å². The molecule has 0 spiro atoms. The van der Waals surface area contributed by atoms with E-state index in [1.807, 2.05) is 38.4 Å². The maximum atomic E-state index is 12.1. The van der Waals surface area contributed by atoms with Gasteiger partial charge in [-0.05, 0) is 87.7 Å². The Bertz CT molecular complexity index is 1480. The van der Waals surface area contributed by atoms with Gasteiger partial charge >= 0.3 is 5.69 Å². The zero-order valence-electron chi connectivity index (χ0n) is 25.7. The topological polar surface area (TPSA) is 126 Å². The maximum absolute atomic E-state index is 12.1. The smallest absolute Gasteiger partial charge is 0.328 e. The lowest BCUT2D eigenvalue weighted by molar-refractivity contribution is -0.396. The van der Waals surface area contributed by atoms with Crippen LogP contribution >= 0.6 is 0 Å². The zero-order chi connectivity index (χ0) is 31.6. The third-order valence-electron chi connectivity index (χ3n) is 7.48. The average molecular weight is 606 g/mol. The Labute approximate surface area is 257 Å². The first-order valence-corrected chi connectivity index (χ1v) is 14.7. The van der Waals surface area contributed by atoms with Crippen LogP contribution in [-0.2, 0) is 6.61 Å². The summed E-state index contributed by atoms with van der Waals surface area (Å²) >= 11 is 0. The minimum absolute atomic E-state index is 0.0882. The van der Waals surface area contributed by atoms with Crippen molar-refractivity contribution in [2.24, 2.45) is 0 Å². The second kappa shape index (κ2) is 15.2. The van der Waals surface area contributed by atoms with Crippen molar-refractivity contribution in [3.8, 4) is 23.0 Å². The normalized spacial score (nSPS) is 13.0. The first-order chi connectivity index (χ1) is 21.2. The highest BCUT2D eigenvalue weighted by Crippen LogP contribution is 2.45. The van der Waals surface area contributed by atoms with Gasteiger partial charge in [-0.1, -0.05) is 36.3 Å². The van der Waals surface area contributed by atoms with E-state index in [1.54, 1.807) is 19.1 Å². The van der Waals surface area contributed by atoms with E-state index in [2.05, 4.69) is 17.0 Å². The quantitative estimate of drug-likeness (QED) is 0.138. The minimum Gasteiger partial charge on any atom is -0.492 e. The molecule has 4 rings (SSSR count). The van der Waals surface area contributed by atoms with Crippen molar-refractivity contribution in [2.75, 3.05) is 41.0 Å². The van der Waals surface area contributed by atoms with E-state index >= 15 is 0 Å². The van der Waals surface area contributed by atoms with Crippen LogP contribution in [0.4, 0.5) is 11.4 Å². The SMILES string of the molecule is CCOc1c(OC)cc([N+](=O)[O-])c(COc2ccc(C(=C3CCCCC3)c3ccc(OCCN(C)C)cc3)cc2)c1[N+](=O)[O-]. The van der Waals surface area contributed by atoms with Crippen LogP contribution in [0.1, 0.15) is 55.7 Å². The molecule has 0 unspecified atom stereocenters. The molecule has 1 fully saturated rings. The molecule has 234 valence electrons. The standard InChI is InChI=1S/C33H39N3O8/c1-5-42-33-30(41-4)21-29(35(37)38)28(32(33)36(39)40)22-44-27-17-13-25(14-18-27)31(23-9-7-6-8-10-23)24-11-15-26(16-12-24)43-20-19-34(2)3/h11-18,21H,5-10,19-20,22H2,1-4H3. The number of ether oxygens (including phenoxy) is 4. The minimum atomic E-state index is -0.705. The van der Waals surface area contributed by atoms with Crippen molar-refractivity contribution >= 4 is 16.9 Å². The fourth-order valence-corrected chi connectivity index (χ4v) is 5.33. The van der Waals surface area contributed by atoms with Crippen molar-refractivity contribution in [3.05, 3.63) is 97.1 Å². The van der Waals surface area contributed by atoms with Gasteiger partial charge in [-0.15, -0.1) is 0 Å².